The van der Waals surface area contributed by atoms with Gasteiger partial charge in [0, 0.05) is 6.26 Å². The number of carbonyl (C=O) groups excluding carboxylic acids is 1. The second kappa shape index (κ2) is 8.34. The lowest BCUT2D eigenvalue weighted by Gasteiger charge is -2.17. The first-order valence-corrected chi connectivity index (χ1v) is 9.78. The zero-order chi connectivity index (χ0) is 17.6. The summed E-state index contributed by atoms with van der Waals surface area (Å²) in [5.41, 5.74) is 0.898. The van der Waals surface area contributed by atoms with E-state index in [0.29, 0.717) is 12.5 Å². The molecule has 1 rings (SSSR count). The highest BCUT2D eigenvalue weighted by Crippen LogP contribution is 2.18. The van der Waals surface area contributed by atoms with Crippen molar-refractivity contribution in [2.75, 3.05) is 12.9 Å². The number of amides is 1. The molecule has 0 heterocycles. The van der Waals surface area contributed by atoms with E-state index in [-0.39, 0.29) is 6.04 Å². The minimum absolute atomic E-state index is 0.267. The number of carbonyl (C=O) groups is 1. The third-order valence-electron chi connectivity index (χ3n) is 3.71. The molecule has 0 bridgehead atoms. The van der Waals surface area contributed by atoms with Crippen LogP contribution in [0.2, 0.25) is 0 Å². The maximum atomic E-state index is 11.9. The molecule has 5 nitrogen and oxygen atoms in total. The highest BCUT2D eigenvalue weighted by molar-refractivity contribution is 7.92. The van der Waals surface area contributed by atoms with Crippen molar-refractivity contribution in [2.45, 2.75) is 45.4 Å². The highest BCUT2D eigenvalue weighted by Gasteiger charge is 2.24. The normalized spacial score (nSPS) is 14.3. The molecule has 0 aliphatic heterocycles. The molecular formula is C17H27NO4S. The zero-order valence-electron chi connectivity index (χ0n) is 14.5. The molecule has 0 radical (unpaired) electrons. The van der Waals surface area contributed by atoms with Crippen LogP contribution < -0.4 is 10.1 Å². The van der Waals surface area contributed by atoms with Crippen LogP contribution in [0.1, 0.15) is 45.7 Å². The lowest BCUT2D eigenvalue weighted by atomic mass is 10.1. The molecule has 0 aliphatic carbocycles. The zero-order valence-corrected chi connectivity index (χ0v) is 15.3. The quantitative estimate of drug-likeness (QED) is 0.789. The fourth-order valence-electron chi connectivity index (χ4n) is 1.87. The maximum absolute atomic E-state index is 11.9. The second-order valence-corrected chi connectivity index (χ2v) is 8.67. The van der Waals surface area contributed by atoms with Crippen LogP contribution in [-0.4, -0.2) is 32.4 Å². The molecule has 2 atom stereocenters. The molecule has 0 saturated carbocycles. The summed E-state index contributed by atoms with van der Waals surface area (Å²) in [6.07, 6.45) is 2.06. The van der Waals surface area contributed by atoms with Crippen molar-refractivity contribution >= 4 is 15.7 Å². The fraction of sp³-hybridized carbons (Fsp3) is 0.588. The van der Waals surface area contributed by atoms with Crippen LogP contribution in [0.3, 0.4) is 0 Å². The minimum Gasteiger partial charge on any atom is -0.494 e. The first-order chi connectivity index (χ1) is 10.6. The average molecular weight is 341 g/mol. The van der Waals surface area contributed by atoms with Gasteiger partial charge in [0.25, 0.3) is 0 Å². The van der Waals surface area contributed by atoms with Gasteiger partial charge in [-0.3, -0.25) is 4.79 Å². The van der Waals surface area contributed by atoms with E-state index in [9.17, 15) is 13.2 Å². The predicted octanol–water partition coefficient (Wildman–Crippen LogP) is 2.72. The van der Waals surface area contributed by atoms with Crippen molar-refractivity contribution < 1.29 is 17.9 Å². The molecule has 0 aromatic heterocycles. The Hall–Kier alpha value is -1.56. The van der Waals surface area contributed by atoms with Crippen molar-refractivity contribution in [1.29, 1.82) is 0 Å². The van der Waals surface area contributed by atoms with Gasteiger partial charge >= 0.3 is 0 Å². The average Bonchev–Trinajstić information content (AvgIpc) is 2.45. The van der Waals surface area contributed by atoms with Gasteiger partial charge in [-0.05, 0) is 43.9 Å². The smallest absolute Gasteiger partial charge is 0.238 e. The molecule has 1 aromatic rings. The van der Waals surface area contributed by atoms with Crippen LogP contribution in [0.5, 0.6) is 5.75 Å². The summed E-state index contributed by atoms with van der Waals surface area (Å²) < 4.78 is 28.5. The minimum atomic E-state index is -3.39. The number of benzene rings is 1. The Kier molecular flexibility index (Phi) is 7.06. The lowest BCUT2D eigenvalue weighted by molar-refractivity contribution is -0.121. The van der Waals surface area contributed by atoms with Crippen molar-refractivity contribution in [3.05, 3.63) is 29.8 Å². The summed E-state index contributed by atoms with van der Waals surface area (Å²) in [5.74, 6) is 0.899. The first-order valence-electron chi connectivity index (χ1n) is 7.83. The second-order valence-electron chi connectivity index (χ2n) is 6.30. The van der Waals surface area contributed by atoms with E-state index in [2.05, 4.69) is 19.2 Å². The van der Waals surface area contributed by atoms with Gasteiger partial charge in [0.15, 0.2) is 9.84 Å². The van der Waals surface area contributed by atoms with Gasteiger partial charge in [-0.25, -0.2) is 8.42 Å². The summed E-state index contributed by atoms with van der Waals surface area (Å²) in [7, 11) is -3.39. The Morgan fingerprint density at radius 3 is 2.17 bits per heavy atom. The van der Waals surface area contributed by atoms with Crippen molar-refractivity contribution in [3.63, 3.8) is 0 Å². The number of rotatable bonds is 8. The monoisotopic (exact) mass is 341 g/mol. The van der Waals surface area contributed by atoms with Gasteiger partial charge < -0.3 is 10.1 Å². The Morgan fingerprint density at radius 2 is 1.70 bits per heavy atom. The third-order valence-corrected chi connectivity index (χ3v) is 5.21. The van der Waals surface area contributed by atoms with E-state index in [0.717, 1.165) is 24.0 Å². The summed E-state index contributed by atoms with van der Waals surface area (Å²) in [4.78, 5) is 11.9. The Bertz CT molecular complexity index is 608. The molecule has 0 fully saturated rings. The summed E-state index contributed by atoms with van der Waals surface area (Å²) in [6, 6.07) is 7.20. The largest absolute Gasteiger partial charge is 0.494 e. The highest BCUT2D eigenvalue weighted by atomic mass is 32.2. The van der Waals surface area contributed by atoms with Crippen molar-refractivity contribution in [3.8, 4) is 5.75 Å². The lowest BCUT2D eigenvalue weighted by Crippen LogP contribution is -2.38. The predicted molar refractivity (Wildman–Crippen MR) is 92.3 cm³/mol. The fourth-order valence-corrected chi connectivity index (χ4v) is 2.33. The van der Waals surface area contributed by atoms with Crippen LogP contribution in [0.25, 0.3) is 0 Å². The van der Waals surface area contributed by atoms with Crippen molar-refractivity contribution in [1.82, 2.24) is 5.32 Å². The molecule has 0 aliphatic rings. The Balaban J connectivity index is 2.60. The van der Waals surface area contributed by atoms with Gasteiger partial charge in [0.1, 0.15) is 11.0 Å². The SMILES string of the molecule is CC(C)CCOc1ccc([C@H](C)NC(=O)[C@@H](C)S(C)(=O)=O)cc1. The topological polar surface area (TPSA) is 72.5 Å². The van der Waals surface area contributed by atoms with Gasteiger partial charge in [-0.2, -0.15) is 0 Å². The number of hydrogen-bond donors (Lipinski definition) is 1. The van der Waals surface area contributed by atoms with Gasteiger partial charge in [0.2, 0.25) is 5.91 Å². The van der Waals surface area contributed by atoms with Crippen LogP contribution in [-0.2, 0) is 14.6 Å². The van der Waals surface area contributed by atoms with Crippen LogP contribution in [0.15, 0.2) is 24.3 Å². The summed E-state index contributed by atoms with van der Waals surface area (Å²) in [6.45, 7) is 8.18. The van der Waals surface area contributed by atoms with E-state index < -0.39 is 21.0 Å². The van der Waals surface area contributed by atoms with Gasteiger partial charge in [-0.15, -0.1) is 0 Å². The molecule has 0 saturated heterocycles. The molecule has 1 aromatic carbocycles. The van der Waals surface area contributed by atoms with Crippen LogP contribution in [0, 0.1) is 5.92 Å². The molecule has 23 heavy (non-hydrogen) atoms. The molecule has 1 amide bonds. The van der Waals surface area contributed by atoms with Crippen molar-refractivity contribution in [2.24, 2.45) is 5.92 Å². The van der Waals surface area contributed by atoms with E-state index in [1.807, 2.05) is 31.2 Å². The maximum Gasteiger partial charge on any atom is 0.238 e. The van der Waals surface area contributed by atoms with E-state index in [1.54, 1.807) is 0 Å². The number of ether oxygens (including phenoxy) is 1. The van der Waals surface area contributed by atoms with E-state index >= 15 is 0 Å². The summed E-state index contributed by atoms with van der Waals surface area (Å²) >= 11 is 0. The van der Waals surface area contributed by atoms with Crippen LogP contribution in [0.4, 0.5) is 0 Å². The Morgan fingerprint density at radius 1 is 1.13 bits per heavy atom. The standard InChI is InChI=1S/C17H27NO4S/c1-12(2)10-11-22-16-8-6-15(7-9-16)13(3)18-17(19)14(4)23(5,20)21/h6-9,12-14H,10-11H2,1-5H3,(H,18,19)/t13-,14+/m0/s1. The van der Waals surface area contributed by atoms with E-state index in [1.165, 1.54) is 6.92 Å². The molecular weight excluding hydrogens is 314 g/mol. The number of hydrogen-bond acceptors (Lipinski definition) is 4. The molecule has 0 unspecified atom stereocenters. The van der Waals surface area contributed by atoms with Crippen LogP contribution >= 0.6 is 0 Å². The van der Waals surface area contributed by atoms with Gasteiger partial charge in [-0.1, -0.05) is 26.0 Å². The molecule has 0 spiro atoms. The third kappa shape index (κ3) is 6.60. The number of sulfone groups is 1. The molecule has 130 valence electrons. The molecule has 6 heteroatoms. The number of nitrogens with one attached hydrogen (secondary N) is 1. The van der Waals surface area contributed by atoms with E-state index in [4.69, 9.17) is 4.74 Å². The molecule has 1 N–H and O–H groups in total. The Labute approximate surface area is 139 Å². The summed E-state index contributed by atoms with van der Waals surface area (Å²) in [5, 5.41) is 1.67. The van der Waals surface area contributed by atoms with Gasteiger partial charge in [0.05, 0.1) is 12.6 Å². The first kappa shape index (κ1) is 19.5.